The zero-order chi connectivity index (χ0) is 18.1. The third kappa shape index (κ3) is 3.11. The molecule has 132 valence electrons. The van der Waals surface area contributed by atoms with E-state index in [-0.39, 0.29) is 18.8 Å². The van der Waals surface area contributed by atoms with Crippen molar-refractivity contribution in [1.82, 2.24) is 14.1 Å². The maximum atomic E-state index is 12.7. The van der Waals surface area contributed by atoms with E-state index in [0.717, 1.165) is 4.57 Å². The van der Waals surface area contributed by atoms with Gasteiger partial charge in [0, 0.05) is 25.2 Å². The van der Waals surface area contributed by atoms with Gasteiger partial charge in [0.05, 0.1) is 18.9 Å². The SMILES string of the molecule is Cn1c2c(c(=O)n(-c3ccc(CC(N)C(=O)O)cn3)c1=O)CCOC2. The highest BCUT2D eigenvalue weighted by atomic mass is 16.5. The number of nitrogens with two attached hydrogens (primary N) is 1. The van der Waals surface area contributed by atoms with E-state index in [9.17, 15) is 14.4 Å². The number of carboxylic acids is 1. The third-order valence-electron chi connectivity index (χ3n) is 4.24. The van der Waals surface area contributed by atoms with Gasteiger partial charge in [-0.15, -0.1) is 0 Å². The van der Waals surface area contributed by atoms with Crippen molar-refractivity contribution >= 4 is 5.97 Å². The summed E-state index contributed by atoms with van der Waals surface area (Å²) in [6, 6.07) is 2.09. The van der Waals surface area contributed by atoms with Crippen LogP contribution < -0.4 is 17.0 Å². The van der Waals surface area contributed by atoms with Crippen LogP contribution in [0.4, 0.5) is 0 Å². The van der Waals surface area contributed by atoms with Gasteiger partial charge in [0.2, 0.25) is 0 Å². The number of hydrogen-bond donors (Lipinski definition) is 2. The molecule has 2 aromatic heterocycles. The van der Waals surface area contributed by atoms with Crippen molar-refractivity contribution in [2.24, 2.45) is 12.8 Å². The Morgan fingerprint density at radius 1 is 1.44 bits per heavy atom. The first-order chi connectivity index (χ1) is 11.9. The van der Waals surface area contributed by atoms with Crippen molar-refractivity contribution in [3.05, 3.63) is 56.0 Å². The molecule has 0 aromatic carbocycles. The lowest BCUT2D eigenvalue weighted by molar-refractivity contribution is -0.138. The number of nitrogens with zero attached hydrogens (tertiary/aromatic N) is 3. The summed E-state index contributed by atoms with van der Waals surface area (Å²) in [5.41, 5.74) is 6.33. The van der Waals surface area contributed by atoms with E-state index in [1.807, 2.05) is 0 Å². The fourth-order valence-corrected chi connectivity index (χ4v) is 2.80. The number of carboxylic acid groups (broad SMARTS) is 1. The van der Waals surface area contributed by atoms with Crippen molar-refractivity contribution in [3.63, 3.8) is 0 Å². The van der Waals surface area contributed by atoms with E-state index in [4.69, 9.17) is 15.6 Å². The van der Waals surface area contributed by atoms with Crippen molar-refractivity contribution < 1.29 is 14.6 Å². The van der Waals surface area contributed by atoms with Crippen LogP contribution in [0.25, 0.3) is 5.82 Å². The highest BCUT2D eigenvalue weighted by Gasteiger charge is 2.21. The van der Waals surface area contributed by atoms with Crippen LogP contribution in [0, 0.1) is 0 Å². The zero-order valence-corrected chi connectivity index (χ0v) is 13.6. The number of rotatable bonds is 4. The van der Waals surface area contributed by atoms with Gasteiger partial charge in [0.15, 0.2) is 0 Å². The first-order valence-electron chi connectivity index (χ1n) is 7.75. The van der Waals surface area contributed by atoms with Gasteiger partial charge in [-0.25, -0.2) is 14.3 Å². The number of ether oxygens (including phenoxy) is 1. The van der Waals surface area contributed by atoms with Gasteiger partial charge in [-0.05, 0) is 18.1 Å². The molecule has 9 heteroatoms. The molecule has 2 aromatic rings. The molecule has 3 rings (SSSR count). The van der Waals surface area contributed by atoms with E-state index in [1.165, 1.54) is 16.8 Å². The summed E-state index contributed by atoms with van der Waals surface area (Å²) in [6.07, 6.45) is 1.97. The molecule has 0 spiro atoms. The smallest absolute Gasteiger partial charge is 0.336 e. The molecule has 1 atom stereocenters. The second-order valence-corrected chi connectivity index (χ2v) is 5.88. The lowest BCUT2D eigenvalue weighted by Crippen LogP contribution is -2.43. The first-order valence-corrected chi connectivity index (χ1v) is 7.75. The van der Waals surface area contributed by atoms with Gasteiger partial charge in [0.1, 0.15) is 11.9 Å². The summed E-state index contributed by atoms with van der Waals surface area (Å²) >= 11 is 0. The van der Waals surface area contributed by atoms with Crippen LogP contribution in [0.5, 0.6) is 0 Å². The zero-order valence-electron chi connectivity index (χ0n) is 13.6. The minimum Gasteiger partial charge on any atom is -0.480 e. The second kappa shape index (κ2) is 6.61. The Labute approximate surface area is 142 Å². The molecule has 1 unspecified atom stereocenters. The summed E-state index contributed by atoms with van der Waals surface area (Å²) in [5.74, 6) is -0.918. The lowest BCUT2D eigenvalue weighted by Gasteiger charge is -2.20. The largest absolute Gasteiger partial charge is 0.480 e. The molecule has 0 saturated heterocycles. The fraction of sp³-hybridized carbons (Fsp3) is 0.375. The van der Waals surface area contributed by atoms with Crippen LogP contribution >= 0.6 is 0 Å². The van der Waals surface area contributed by atoms with Crippen LogP contribution in [-0.2, 0) is 36.0 Å². The predicted molar refractivity (Wildman–Crippen MR) is 87.8 cm³/mol. The molecular weight excluding hydrogens is 328 g/mol. The number of aromatic nitrogens is 3. The van der Waals surface area contributed by atoms with Crippen LogP contribution in [0.2, 0.25) is 0 Å². The molecule has 9 nitrogen and oxygen atoms in total. The monoisotopic (exact) mass is 346 g/mol. The summed E-state index contributed by atoms with van der Waals surface area (Å²) < 4.78 is 7.73. The van der Waals surface area contributed by atoms with E-state index in [1.54, 1.807) is 13.1 Å². The van der Waals surface area contributed by atoms with Gasteiger partial charge >= 0.3 is 11.7 Å². The number of aliphatic carboxylic acids is 1. The van der Waals surface area contributed by atoms with Gasteiger partial charge in [-0.2, -0.15) is 0 Å². The Morgan fingerprint density at radius 3 is 2.84 bits per heavy atom. The van der Waals surface area contributed by atoms with E-state index in [0.29, 0.717) is 29.8 Å². The Hall–Kier alpha value is -2.78. The summed E-state index contributed by atoms with van der Waals surface area (Å²) in [5, 5.41) is 8.85. The Morgan fingerprint density at radius 2 is 2.20 bits per heavy atom. The number of pyridine rings is 1. The Balaban J connectivity index is 2.03. The normalized spacial score (nSPS) is 14.8. The van der Waals surface area contributed by atoms with Crippen molar-refractivity contribution in [2.45, 2.75) is 25.5 Å². The average Bonchev–Trinajstić information content (AvgIpc) is 2.61. The molecule has 0 saturated carbocycles. The molecule has 0 radical (unpaired) electrons. The van der Waals surface area contributed by atoms with Crippen molar-refractivity contribution in [3.8, 4) is 5.82 Å². The molecule has 3 N–H and O–H groups in total. The van der Waals surface area contributed by atoms with Crippen molar-refractivity contribution in [1.29, 1.82) is 0 Å². The minimum atomic E-state index is -1.11. The Kier molecular flexibility index (Phi) is 4.51. The van der Waals surface area contributed by atoms with Crippen LogP contribution in [0.1, 0.15) is 16.8 Å². The molecule has 25 heavy (non-hydrogen) atoms. The molecule has 0 bridgehead atoms. The highest BCUT2D eigenvalue weighted by molar-refractivity contribution is 5.73. The summed E-state index contributed by atoms with van der Waals surface area (Å²) in [6.45, 7) is 0.663. The topological polar surface area (TPSA) is 129 Å². The predicted octanol–water partition coefficient (Wildman–Crippen LogP) is -1.04. The van der Waals surface area contributed by atoms with Gasteiger partial charge in [-0.1, -0.05) is 6.07 Å². The molecule has 3 heterocycles. The quantitative estimate of drug-likeness (QED) is 0.723. The number of hydrogen-bond acceptors (Lipinski definition) is 6. The van der Waals surface area contributed by atoms with Gasteiger partial charge in [0.25, 0.3) is 5.56 Å². The van der Waals surface area contributed by atoms with Crippen LogP contribution in [0.3, 0.4) is 0 Å². The minimum absolute atomic E-state index is 0.108. The van der Waals surface area contributed by atoms with Crippen LogP contribution in [0.15, 0.2) is 27.9 Å². The van der Waals surface area contributed by atoms with E-state index in [2.05, 4.69) is 4.98 Å². The average molecular weight is 346 g/mol. The fourth-order valence-electron chi connectivity index (χ4n) is 2.80. The molecule has 1 aliphatic heterocycles. The maximum Gasteiger partial charge on any atom is 0.336 e. The molecule has 1 aliphatic rings. The lowest BCUT2D eigenvalue weighted by atomic mass is 10.1. The Bertz CT molecular complexity index is 929. The summed E-state index contributed by atoms with van der Waals surface area (Å²) in [4.78, 5) is 40.2. The van der Waals surface area contributed by atoms with Gasteiger partial charge < -0.3 is 15.6 Å². The number of carbonyl (C=O) groups is 1. The molecule has 0 fully saturated rings. The molecule has 0 aliphatic carbocycles. The number of fused-ring (bicyclic) bond motifs is 1. The second-order valence-electron chi connectivity index (χ2n) is 5.88. The van der Waals surface area contributed by atoms with E-state index < -0.39 is 23.3 Å². The first kappa shape index (κ1) is 17.1. The highest BCUT2D eigenvalue weighted by Crippen LogP contribution is 2.12. The maximum absolute atomic E-state index is 12.7. The van der Waals surface area contributed by atoms with E-state index >= 15 is 0 Å². The third-order valence-corrected chi connectivity index (χ3v) is 4.24. The molecular formula is C16H18N4O5. The van der Waals surface area contributed by atoms with Gasteiger partial charge in [-0.3, -0.25) is 14.2 Å². The summed E-state index contributed by atoms with van der Waals surface area (Å²) in [7, 11) is 1.59. The van der Waals surface area contributed by atoms with Crippen molar-refractivity contribution in [2.75, 3.05) is 6.61 Å². The standard InChI is InChI=1S/C16H18N4O5/c1-19-12-8-25-5-4-10(12)14(21)20(16(19)24)13-3-2-9(7-18-13)6-11(17)15(22)23/h2-3,7,11H,4-6,8,17H2,1H3,(H,22,23). The molecule has 0 amide bonds. The van der Waals surface area contributed by atoms with Crippen LogP contribution in [-0.4, -0.2) is 37.8 Å².